The Labute approximate surface area is 102 Å². The van der Waals surface area contributed by atoms with E-state index in [1.54, 1.807) is 0 Å². The molecule has 1 rings (SSSR count). The third-order valence-electron chi connectivity index (χ3n) is 3.18. The lowest BCUT2D eigenvalue weighted by Gasteiger charge is -2.28. The summed E-state index contributed by atoms with van der Waals surface area (Å²) < 4.78 is 5.03. The Morgan fingerprint density at radius 1 is 1.29 bits per heavy atom. The van der Waals surface area contributed by atoms with Gasteiger partial charge in [0.2, 0.25) is 5.95 Å². The average Bonchev–Trinajstić information content (AvgIpc) is 2.35. The molecule has 0 atom stereocenters. The number of aromatic nitrogens is 3. The molecule has 1 aromatic rings. The molecule has 0 aliphatic rings. The molecule has 0 spiro atoms. The van der Waals surface area contributed by atoms with Gasteiger partial charge in [0.1, 0.15) is 5.82 Å². The molecule has 2 N–H and O–H groups in total. The molecule has 0 aromatic carbocycles. The van der Waals surface area contributed by atoms with Gasteiger partial charge in [-0.15, -0.1) is 6.58 Å². The van der Waals surface area contributed by atoms with Crippen LogP contribution in [0.2, 0.25) is 0 Å². The Morgan fingerprint density at radius 3 is 2.41 bits per heavy atom. The van der Waals surface area contributed by atoms with E-state index >= 15 is 0 Å². The van der Waals surface area contributed by atoms with Crippen LogP contribution in [-0.2, 0) is 5.41 Å². The Hall–Kier alpha value is -1.65. The van der Waals surface area contributed by atoms with E-state index in [9.17, 15) is 0 Å². The maximum absolute atomic E-state index is 5.67. The lowest BCUT2D eigenvalue weighted by molar-refractivity contribution is 0.344. The van der Waals surface area contributed by atoms with Crippen LogP contribution in [0.3, 0.4) is 0 Å². The summed E-state index contributed by atoms with van der Waals surface area (Å²) in [6.07, 6.45) is 4.54. The van der Waals surface area contributed by atoms with Crippen molar-refractivity contribution in [3.63, 3.8) is 0 Å². The second kappa shape index (κ2) is 5.61. The molecule has 0 aliphatic heterocycles. The number of hydrogen-bond donors (Lipinski definition) is 1. The molecule has 0 radical (unpaired) electrons. The number of hydrogen-bond acceptors (Lipinski definition) is 5. The second-order valence-electron chi connectivity index (χ2n) is 3.98. The van der Waals surface area contributed by atoms with E-state index in [1.165, 1.54) is 7.11 Å². The van der Waals surface area contributed by atoms with Gasteiger partial charge in [0, 0.05) is 5.41 Å². The van der Waals surface area contributed by atoms with Crippen LogP contribution in [0.15, 0.2) is 12.7 Å². The number of ether oxygens (including phenoxy) is 1. The molecule has 0 saturated carbocycles. The second-order valence-corrected chi connectivity index (χ2v) is 3.98. The van der Waals surface area contributed by atoms with Crippen molar-refractivity contribution < 1.29 is 4.74 Å². The summed E-state index contributed by atoms with van der Waals surface area (Å²) >= 11 is 0. The maximum Gasteiger partial charge on any atom is 0.321 e. The fourth-order valence-electron chi connectivity index (χ4n) is 1.92. The highest BCUT2D eigenvalue weighted by Crippen LogP contribution is 2.33. The Balaban J connectivity index is 3.26. The largest absolute Gasteiger partial charge is 0.467 e. The molecule has 0 saturated heterocycles. The van der Waals surface area contributed by atoms with Crippen LogP contribution in [0.4, 0.5) is 5.95 Å². The third-order valence-corrected chi connectivity index (χ3v) is 3.18. The topological polar surface area (TPSA) is 73.9 Å². The van der Waals surface area contributed by atoms with Gasteiger partial charge in [-0.3, -0.25) is 0 Å². The van der Waals surface area contributed by atoms with Gasteiger partial charge in [0.05, 0.1) is 7.11 Å². The standard InChI is InChI=1S/C12H20N4O/c1-5-8-12(6-2,7-3)9-14-10(13)16-11(15-9)17-4/h5H,1,6-8H2,2-4H3,(H2,13,14,15,16). The number of nitrogens with two attached hydrogens (primary N) is 1. The Bertz CT molecular complexity index is 388. The monoisotopic (exact) mass is 236 g/mol. The number of anilines is 1. The molecular weight excluding hydrogens is 216 g/mol. The van der Waals surface area contributed by atoms with Crippen molar-refractivity contribution >= 4 is 5.95 Å². The predicted molar refractivity (Wildman–Crippen MR) is 67.9 cm³/mol. The summed E-state index contributed by atoms with van der Waals surface area (Å²) in [4.78, 5) is 12.5. The summed E-state index contributed by atoms with van der Waals surface area (Å²) in [7, 11) is 1.52. The zero-order valence-corrected chi connectivity index (χ0v) is 10.7. The SMILES string of the molecule is C=CCC(CC)(CC)c1nc(N)nc(OC)n1. The highest BCUT2D eigenvalue weighted by Gasteiger charge is 2.31. The highest BCUT2D eigenvalue weighted by atomic mass is 16.5. The zero-order chi connectivity index (χ0) is 12.9. The van der Waals surface area contributed by atoms with Gasteiger partial charge in [-0.25, -0.2) is 0 Å². The zero-order valence-electron chi connectivity index (χ0n) is 10.7. The van der Waals surface area contributed by atoms with Gasteiger partial charge < -0.3 is 10.5 Å². The summed E-state index contributed by atoms with van der Waals surface area (Å²) in [6, 6.07) is 0.267. The summed E-state index contributed by atoms with van der Waals surface area (Å²) in [6.45, 7) is 8.02. The fraction of sp³-hybridized carbons (Fsp3) is 0.583. The molecule has 1 heterocycles. The molecule has 0 fully saturated rings. The number of allylic oxidation sites excluding steroid dienone is 1. The van der Waals surface area contributed by atoms with Gasteiger partial charge in [0.15, 0.2) is 0 Å². The summed E-state index contributed by atoms with van der Waals surface area (Å²) in [5.41, 5.74) is 5.54. The van der Waals surface area contributed by atoms with E-state index in [0.29, 0.717) is 5.82 Å². The number of rotatable bonds is 6. The normalized spacial score (nSPS) is 11.2. The van der Waals surface area contributed by atoms with E-state index < -0.39 is 0 Å². The highest BCUT2D eigenvalue weighted by molar-refractivity contribution is 5.22. The van der Waals surface area contributed by atoms with Crippen molar-refractivity contribution in [1.29, 1.82) is 0 Å². The molecule has 0 aliphatic carbocycles. The van der Waals surface area contributed by atoms with E-state index in [1.807, 2.05) is 6.08 Å². The lowest BCUT2D eigenvalue weighted by Crippen LogP contribution is -2.27. The lowest BCUT2D eigenvalue weighted by atomic mass is 9.78. The minimum absolute atomic E-state index is 0.133. The van der Waals surface area contributed by atoms with E-state index in [0.717, 1.165) is 19.3 Å². The van der Waals surface area contributed by atoms with E-state index in [2.05, 4.69) is 35.4 Å². The molecule has 5 heteroatoms. The van der Waals surface area contributed by atoms with Gasteiger partial charge in [-0.05, 0) is 19.3 Å². The molecule has 0 unspecified atom stereocenters. The molecule has 0 amide bonds. The van der Waals surface area contributed by atoms with Crippen molar-refractivity contribution in [2.45, 2.75) is 38.5 Å². The molecule has 0 bridgehead atoms. The smallest absolute Gasteiger partial charge is 0.321 e. The first-order valence-corrected chi connectivity index (χ1v) is 5.78. The van der Waals surface area contributed by atoms with Gasteiger partial charge in [0.25, 0.3) is 0 Å². The van der Waals surface area contributed by atoms with E-state index in [4.69, 9.17) is 10.5 Å². The fourth-order valence-corrected chi connectivity index (χ4v) is 1.92. The van der Waals surface area contributed by atoms with Gasteiger partial charge in [-0.2, -0.15) is 15.0 Å². The third kappa shape index (κ3) is 2.72. The number of methoxy groups -OCH3 is 1. The Kier molecular flexibility index (Phi) is 4.43. The van der Waals surface area contributed by atoms with Crippen molar-refractivity contribution in [3.8, 4) is 6.01 Å². The Morgan fingerprint density at radius 2 is 1.94 bits per heavy atom. The molecule has 94 valence electrons. The average molecular weight is 236 g/mol. The molecule has 1 aromatic heterocycles. The molecule has 17 heavy (non-hydrogen) atoms. The minimum Gasteiger partial charge on any atom is -0.467 e. The van der Waals surface area contributed by atoms with Crippen LogP contribution in [-0.4, -0.2) is 22.1 Å². The number of nitrogens with zero attached hydrogens (tertiary/aromatic N) is 3. The van der Waals surface area contributed by atoms with Gasteiger partial charge >= 0.3 is 6.01 Å². The van der Waals surface area contributed by atoms with Gasteiger partial charge in [-0.1, -0.05) is 19.9 Å². The van der Waals surface area contributed by atoms with Crippen LogP contribution in [0.25, 0.3) is 0 Å². The van der Waals surface area contributed by atoms with Crippen LogP contribution < -0.4 is 10.5 Å². The van der Waals surface area contributed by atoms with Crippen LogP contribution >= 0.6 is 0 Å². The summed E-state index contributed by atoms with van der Waals surface area (Å²) in [5, 5.41) is 0. The van der Waals surface area contributed by atoms with Crippen molar-refractivity contribution in [2.75, 3.05) is 12.8 Å². The van der Waals surface area contributed by atoms with Crippen molar-refractivity contribution in [2.24, 2.45) is 0 Å². The quantitative estimate of drug-likeness (QED) is 0.765. The molecular formula is C12H20N4O. The van der Waals surface area contributed by atoms with Crippen LogP contribution in [0.5, 0.6) is 6.01 Å². The van der Waals surface area contributed by atoms with Crippen LogP contribution in [0, 0.1) is 0 Å². The summed E-state index contributed by atoms with van der Waals surface area (Å²) in [5.74, 6) is 0.883. The van der Waals surface area contributed by atoms with Crippen molar-refractivity contribution in [1.82, 2.24) is 15.0 Å². The molecule has 5 nitrogen and oxygen atoms in total. The van der Waals surface area contributed by atoms with Crippen molar-refractivity contribution in [3.05, 3.63) is 18.5 Å². The number of nitrogen functional groups attached to an aromatic ring is 1. The van der Waals surface area contributed by atoms with E-state index in [-0.39, 0.29) is 17.4 Å². The first-order valence-electron chi connectivity index (χ1n) is 5.78. The first kappa shape index (κ1) is 13.4. The first-order chi connectivity index (χ1) is 8.11. The maximum atomic E-state index is 5.67. The minimum atomic E-state index is -0.133. The van der Waals surface area contributed by atoms with Crippen LogP contribution in [0.1, 0.15) is 38.9 Å². The predicted octanol–water partition coefficient (Wildman–Crippen LogP) is 2.10.